The minimum absolute atomic E-state index is 0.865. The van der Waals surface area contributed by atoms with Gasteiger partial charge in [-0.25, -0.2) is 0 Å². The van der Waals surface area contributed by atoms with E-state index in [9.17, 15) is 0 Å². The van der Waals surface area contributed by atoms with Gasteiger partial charge < -0.3 is 10.6 Å². The van der Waals surface area contributed by atoms with Crippen molar-refractivity contribution >= 4 is 48.9 Å². The fraction of sp³-hybridized carbons (Fsp3) is 0.500. The van der Waals surface area contributed by atoms with Gasteiger partial charge in [0.05, 0.1) is 6.54 Å². The number of halogens is 2. The smallest absolute Gasteiger partial charge is 0.195 e. The van der Waals surface area contributed by atoms with Crippen molar-refractivity contribution in [3.8, 4) is 0 Å². The van der Waals surface area contributed by atoms with Crippen LogP contribution < -0.4 is 10.6 Å². The van der Waals surface area contributed by atoms with Crippen molar-refractivity contribution in [1.82, 2.24) is 5.32 Å². The van der Waals surface area contributed by atoms with Crippen molar-refractivity contribution in [3.05, 3.63) is 27.8 Å². The van der Waals surface area contributed by atoms with E-state index in [1.807, 2.05) is 0 Å². The Morgan fingerprint density at radius 1 is 0.895 bits per heavy atom. The summed E-state index contributed by atoms with van der Waals surface area (Å²) in [4.78, 5) is 4.39. The highest BCUT2D eigenvalue weighted by atomic mass is 128. The van der Waals surface area contributed by atoms with Gasteiger partial charge in [0, 0.05) is 49.5 Å². The fourth-order valence-electron chi connectivity index (χ4n) is 2.29. The average Bonchev–Trinajstić information content (AvgIpc) is 2.94. The lowest BCUT2D eigenvalue weighted by Crippen LogP contribution is -2.27. The van der Waals surface area contributed by atoms with E-state index in [-0.39, 0.29) is 0 Å². The van der Waals surface area contributed by atoms with Crippen LogP contribution in [0.1, 0.15) is 27.8 Å². The zero-order valence-corrected chi connectivity index (χ0v) is 16.4. The van der Waals surface area contributed by atoms with Crippen LogP contribution in [0.3, 0.4) is 0 Å². The first-order valence-electron chi connectivity index (χ1n) is 6.29. The number of nitrogens with zero attached hydrogens (tertiary/aromatic N) is 1. The third kappa shape index (κ3) is 3.74. The number of anilines is 1. The van der Waals surface area contributed by atoms with Gasteiger partial charge in [-0.3, -0.25) is 4.99 Å². The Labute approximate surface area is 139 Å². The summed E-state index contributed by atoms with van der Waals surface area (Å²) in [5.74, 6) is 0.902. The molecule has 1 aromatic rings. The number of benzene rings is 1. The standard InChI is InChI=1S/C14H21N3.I2/c1-8-9(2)11(4)13(12(5)10(8)3)17-14-15-6-7-16-14;1-2/h6-7H2,1-5H3,(H2,15,16,17);. The lowest BCUT2D eigenvalue weighted by Gasteiger charge is -2.19. The molecule has 0 atom stereocenters. The number of guanidine groups is 1. The summed E-state index contributed by atoms with van der Waals surface area (Å²) in [6.07, 6.45) is 0. The molecule has 2 rings (SSSR count). The third-order valence-corrected chi connectivity index (χ3v) is 3.92. The first-order chi connectivity index (χ1) is 9.02. The Morgan fingerprint density at radius 2 is 1.37 bits per heavy atom. The van der Waals surface area contributed by atoms with Crippen molar-refractivity contribution < 1.29 is 0 Å². The van der Waals surface area contributed by atoms with Crippen molar-refractivity contribution in [3.63, 3.8) is 0 Å². The number of hydrogen-bond acceptors (Lipinski definition) is 3. The van der Waals surface area contributed by atoms with Gasteiger partial charge in [0.2, 0.25) is 0 Å². The van der Waals surface area contributed by atoms with Gasteiger partial charge in [0.15, 0.2) is 5.96 Å². The van der Waals surface area contributed by atoms with Crippen LogP contribution in [0.4, 0.5) is 5.69 Å². The van der Waals surface area contributed by atoms with E-state index in [1.54, 1.807) is 0 Å². The quantitative estimate of drug-likeness (QED) is 0.580. The molecule has 0 radical (unpaired) electrons. The van der Waals surface area contributed by atoms with Crippen molar-refractivity contribution in [1.29, 1.82) is 0 Å². The summed E-state index contributed by atoms with van der Waals surface area (Å²) in [6.45, 7) is 12.7. The minimum atomic E-state index is 0.865. The summed E-state index contributed by atoms with van der Waals surface area (Å²) < 4.78 is 0. The molecular weight excluding hydrogens is 464 g/mol. The summed E-state index contributed by atoms with van der Waals surface area (Å²) in [7, 11) is 0. The second kappa shape index (κ2) is 7.66. The zero-order valence-electron chi connectivity index (χ0n) is 12.1. The SMILES string of the molecule is Cc1c(C)c(C)c(NC2=NCCN2)c(C)c1C.II. The lowest BCUT2D eigenvalue weighted by molar-refractivity contribution is 0.959. The summed E-state index contributed by atoms with van der Waals surface area (Å²) in [5, 5.41) is 6.68. The molecule has 2 N–H and O–H groups in total. The first kappa shape index (κ1) is 17.0. The molecule has 1 aliphatic heterocycles. The largest absolute Gasteiger partial charge is 0.354 e. The maximum absolute atomic E-state index is 4.39. The number of aliphatic imine (C=N–C) groups is 1. The Bertz CT molecular complexity index is 467. The molecule has 106 valence electrons. The molecule has 1 aliphatic rings. The third-order valence-electron chi connectivity index (χ3n) is 3.92. The molecule has 0 bridgehead atoms. The van der Waals surface area contributed by atoms with Crippen molar-refractivity contribution in [2.45, 2.75) is 34.6 Å². The molecule has 1 aromatic carbocycles. The Balaban J connectivity index is 0.000000861. The van der Waals surface area contributed by atoms with Gasteiger partial charge >= 0.3 is 0 Å². The van der Waals surface area contributed by atoms with Crippen LogP contribution in [0.2, 0.25) is 0 Å². The molecule has 0 spiro atoms. The highest BCUT2D eigenvalue weighted by Crippen LogP contribution is 2.30. The second-order valence-electron chi connectivity index (χ2n) is 4.78. The van der Waals surface area contributed by atoms with Gasteiger partial charge in [0.1, 0.15) is 0 Å². The molecule has 19 heavy (non-hydrogen) atoms. The molecule has 0 aromatic heterocycles. The normalized spacial score (nSPS) is 13.3. The van der Waals surface area contributed by atoms with E-state index in [0.29, 0.717) is 0 Å². The maximum atomic E-state index is 4.39. The molecule has 0 unspecified atom stereocenters. The van der Waals surface area contributed by atoms with Gasteiger partial charge in [-0.1, -0.05) is 0 Å². The number of nitrogens with one attached hydrogen (secondary N) is 2. The van der Waals surface area contributed by atoms with Crippen molar-refractivity contribution in [2.24, 2.45) is 4.99 Å². The Kier molecular flexibility index (Phi) is 6.85. The zero-order chi connectivity index (χ0) is 14.6. The fourth-order valence-corrected chi connectivity index (χ4v) is 2.29. The van der Waals surface area contributed by atoms with E-state index < -0.39 is 0 Å². The highest BCUT2D eigenvalue weighted by molar-refractivity contribution is 15.0. The summed E-state index contributed by atoms with van der Waals surface area (Å²) in [6, 6.07) is 0. The van der Waals surface area contributed by atoms with Crippen LogP contribution in [-0.2, 0) is 0 Å². The van der Waals surface area contributed by atoms with Crippen LogP contribution in [0, 0.1) is 34.6 Å². The van der Waals surface area contributed by atoms with E-state index in [4.69, 9.17) is 0 Å². The van der Waals surface area contributed by atoms with E-state index in [1.165, 1.54) is 33.5 Å². The second-order valence-corrected chi connectivity index (χ2v) is 4.78. The van der Waals surface area contributed by atoms with Crippen LogP contribution in [0.15, 0.2) is 4.99 Å². The van der Waals surface area contributed by atoms with E-state index in [0.717, 1.165) is 19.0 Å². The average molecular weight is 485 g/mol. The van der Waals surface area contributed by atoms with E-state index in [2.05, 4.69) is 87.5 Å². The van der Waals surface area contributed by atoms with Gasteiger partial charge in [0.25, 0.3) is 0 Å². The molecule has 0 saturated heterocycles. The Hall–Kier alpha value is -0.0500. The predicted molar refractivity (Wildman–Crippen MR) is 102 cm³/mol. The van der Waals surface area contributed by atoms with E-state index >= 15 is 0 Å². The maximum Gasteiger partial charge on any atom is 0.195 e. The van der Waals surface area contributed by atoms with Gasteiger partial charge in [-0.2, -0.15) is 0 Å². The van der Waals surface area contributed by atoms with Crippen LogP contribution in [-0.4, -0.2) is 19.0 Å². The van der Waals surface area contributed by atoms with Gasteiger partial charge in [-0.05, 0) is 62.4 Å². The summed E-state index contributed by atoms with van der Waals surface area (Å²) in [5.41, 5.74) is 7.98. The molecule has 0 saturated carbocycles. The molecule has 1 heterocycles. The molecule has 0 aliphatic carbocycles. The molecular formula is C14H21I2N3. The monoisotopic (exact) mass is 485 g/mol. The first-order valence-corrected chi connectivity index (χ1v) is 12.6. The summed E-state index contributed by atoms with van der Waals surface area (Å²) >= 11 is 4.24. The molecule has 5 heteroatoms. The van der Waals surface area contributed by atoms with Crippen molar-refractivity contribution in [2.75, 3.05) is 18.4 Å². The molecule has 3 nitrogen and oxygen atoms in total. The molecule has 0 amide bonds. The lowest BCUT2D eigenvalue weighted by atomic mass is 9.93. The topological polar surface area (TPSA) is 36.4 Å². The number of hydrogen-bond donors (Lipinski definition) is 2. The predicted octanol–water partition coefficient (Wildman–Crippen LogP) is 4.37. The Morgan fingerprint density at radius 3 is 1.79 bits per heavy atom. The highest BCUT2D eigenvalue weighted by Gasteiger charge is 2.14. The van der Waals surface area contributed by atoms with Crippen LogP contribution in [0.5, 0.6) is 0 Å². The minimum Gasteiger partial charge on any atom is -0.354 e. The van der Waals surface area contributed by atoms with Crippen LogP contribution in [0.25, 0.3) is 0 Å². The molecule has 0 fully saturated rings. The number of rotatable bonds is 1. The van der Waals surface area contributed by atoms with Crippen LogP contribution >= 0.6 is 37.2 Å². The van der Waals surface area contributed by atoms with Gasteiger partial charge in [-0.15, -0.1) is 0 Å².